The molecule has 25 atom stereocenters. The molecule has 5 rings (SSSR count). The van der Waals surface area contributed by atoms with Crippen LogP contribution < -0.4 is 25.4 Å². The van der Waals surface area contributed by atoms with Crippen molar-refractivity contribution in [2.75, 3.05) is 39.6 Å². The van der Waals surface area contributed by atoms with Gasteiger partial charge in [-0.2, -0.15) is 30.0 Å². The van der Waals surface area contributed by atoms with Crippen molar-refractivity contribution in [3.63, 3.8) is 0 Å². The van der Waals surface area contributed by atoms with E-state index < -0.39 is 247 Å². The predicted molar refractivity (Wildman–Crippen MR) is 234 cm³/mol. The molecule has 5 fully saturated rings. The number of hydrogen-bond donors (Lipinski definition) is 21. The number of ether oxygens (including phenoxy) is 6. The van der Waals surface area contributed by atoms with Gasteiger partial charge in [0.05, 0.1) is 88.0 Å². The first kappa shape index (κ1) is 73.7. The molecule has 0 spiro atoms. The van der Waals surface area contributed by atoms with Crippen LogP contribution in [0, 0.1) is 23.7 Å². The van der Waals surface area contributed by atoms with Crippen LogP contribution in [0.3, 0.4) is 0 Å². The quantitative estimate of drug-likeness (QED) is 0.0567. The van der Waals surface area contributed by atoms with Crippen LogP contribution in [-0.4, -0.2) is 313 Å². The summed E-state index contributed by atoms with van der Waals surface area (Å²) in [6, 6.07) is -3.08. The zero-order chi connectivity index (χ0) is 62.6. The first-order valence-electron chi connectivity index (χ1n) is 22.6. The van der Waals surface area contributed by atoms with Crippen molar-refractivity contribution in [1.82, 2.24) is 10.0 Å². The van der Waals surface area contributed by atoms with Crippen LogP contribution in [0.25, 0.3) is 0 Å². The third kappa shape index (κ3) is 21.0. The van der Waals surface area contributed by atoms with Crippen LogP contribution in [-0.2, 0) is 87.1 Å². The lowest BCUT2D eigenvalue weighted by atomic mass is 9.88. The summed E-state index contributed by atoms with van der Waals surface area (Å²) in [7, 11) is -15.8. The average molecular weight is 1260 g/mol. The van der Waals surface area contributed by atoms with E-state index in [0.29, 0.717) is 0 Å². The number of carbonyl (C=O) groups is 4. The van der Waals surface area contributed by atoms with E-state index in [1.54, 1.807) is 0 Å². The summed E-state index contributed by atoms with van der Waals surface area (Å²) in [5, 5.41) is 185. The summed E-state index contributed by atoms with van der Waals surface area (Å²) >= 11 is 0. The van der Waals surface area contributed by atoms with Gasteiger partial charge in [0.2, 0.25) is 5.91 Å². The van der Waals surface area contributed by atoms with Gasteiger partial charge in [-0.05, 0) is 0 Å². The minimum atomic E-state index is -5.44. The fourth-order valence-corrected chi connectivity index (χ4v) is 9.51. The maximum Gasteiger partial charge on any atom is 0.397 e. The molecular weight excluding hydrogens is 1200 g/mol. The molecule has 0 aromatic rings. The largest absolute Gasteiger partial charge is 0.547 e. The van der Waals surface area contributed by atoms with Gasteiger partial charge in [-0.25, -0.2) is 8.37 Å². The Kier molecular flexibility index (Phi) is 28.8. The van der Waals surface area contributed by atoms with E-state index in [9.17, 15) is 111 Å². The van der Waals surface area contributed by atoms with Gasteiger partial charge in [0.25, 0.3) is 0 Å². The molecule has 25 unspecified atom stereocenters. The number of hydrogen-bond acceptors (Lipinski definition) is 37. The first-order chi connectivity index (χ1) is 37.2. The lowest BCUT2D eigenvalue weighted by Gasteiger charge is -2.47. The Morgan fingerprint density at radius 3 is 1.25 bits per heavy atom. The highest BCUT2D eigenvalue weighted by Crippen LogP contribution is 2.34. The van der Waals surface area contributed by atoms with E-state index in [1.807, 2.05) is 0 Å². The summed E-state index contributed by atoms with van der Waals surface area (Å²) in [6.07, 6.45) is -35.0. The maximum atomic E-state index is 11.4. The second kappa shape index (κ2) is 31.7. The topological polar surface area (TPSA) is 722 Å². The highest BCUT2D eigenvalue weighted by Gasteiger charge is 2.54. The van der Waals surface area contributed by atoms with Gasteiger partial charge in [-0.15, -0.1) is 0 Å². The third-order valence-electron chi connectivity index (χ3n) is 12.1. The predicted octanol–water partition coefficient (Wildman–Crippen LogP) is -18.6. The van der Waals surface area contributed by atoms with Gasteiger partial charge in [0.15, 0.2) is 31.5 Å². The van der Waals surface area contributed by atoms with E-state index in [2.05, 4.69) is 23.2 Å². The molecule has 42 nitrogen and oxygen atoms in total. The number of nitrogens with one attached hydrogen (secondary N) is 2. The second-order valence-electron chi connectivity index (χ2n) is 17.6. The van der Waals surface area contributed by atoms with Gasteiger partial charge in [-0.1, -0.05) is 0 Å². The molecule has 1 amide bonds. The van der Waals surface area contributed by atoms with E-state index >= 15 is 0 Å². The fraction of sp³-hybridized carbons (Fsp3) is 0.889. The Bertz CT molecular complexity index is 2310. The van der Waals surface area contributed by atoms with Crippen molar-refractivity contribution < 1.29 is 192 Å². The first-order valence-corrected chi connectivity index (χ1v) is 26.8. The van der Waals surface area contributed by atoms with Crippen molar-refractivity contribution in [3.8, 4) is 0 Å². The summed E-state index contributed by atoms with van der Waals surface area (Å²) in [5.41, 5.74) is 0. The molecule has 5 aliphatic rings. The Morgan fingerprint density at radius 2 is 0.877 bits per heavy atom. The van der Waals surface area contributed by atoms with E-state index in [4.69, 9.17) is 63.2 Å². The van der Waals surface area contributed by atoms with Crippen molar-refractivity contribution in [1.29, 1.82) is 0 Å². The molecule has 0 aliphatic carbocycles. The molecule has 0 radical (unpaired) electrons. The molecule has 81 heavy (non-hydrogen) atoms. The number of rotatable bonds is 18. The van der Waals surface area contributed by atoms with Crippen molar-refractivity contribution >= 4 is 54.9 Å². The van der Waals surface area contributed by atoms with Gasteiger partial charge in [0.1, 0.15) is 67.1 Å². The highest BCUT2D eigenvalue weighted by molar-refractivity contribution is 7.83. The van der Waals surface area contributed by atoms with Crippen LogP contribution in [0.4, 0.5) is 0 Å². The average Bonchev–Trinajstić information content (AvgIpc) is 3.36. The number of carboxylic acid groups (broad SMARTS) is 3. The monoisotopic (exact) mass is 1260 g/mol. The molecular formula is C36H61N2O40S3-3. The van der Waals surface area contributed by atoms with Gasteiger partial charge in [-0.3, -0.25) is 18.5 Å². The highest BCUT2D eigenvalue weighted by atomic mass is 32.3. The normalized spacial score (nSPS) is 40.1. The summed E-state index contributed by atoms with van der Waals surface area (Å²) in [4.78, 5) is 43.1. The number of aliphatic carboxylic acids is 3. The molecule has 21 N–H and O–H groups in total. The summed E-state index contributed by atoms with van der Waals surface area (Å²) < 4.78 is 132. The van der Waals surface area contributed by atoms with Gasteiger partial charge in [0, 0.05) is 30.6 Å². The Labute approximate surface area is 455 Å². The van der Waals surface area contributed by atoms with Crippen LogP contribution in [0.15, 0.2) is 0 Å². The van der Waals surface area contributed by atoms with Gasteiger partial charge < -0.3 is 145 Å². The maximum absolute atomic E-state index is 11.4. The standard InChI is InChI=1S/C13H23NO20S3.C9H17NO6.2C7H12O7/c15-1-3-6(16)10(11(18)19)33-13(8(3)34-37(27,28)29)32-9-4(2-30-36(24,25)26)31-12(20)5(7(9)17)14-35(21,22)23;1-4(13)10-7-5(2-11)8(14)6(3-12)16-9(7)15;2*8-1-2-3(9)5(6(11)12)14-7(13)4(2)10/h3-10,12-17,20H,1-2H2,(H,18,19)(H,21,22,23)(H,24,25,26)(H,27,28,29);5-9,11-12,14-15H,2-3H2,1H3,(H,10,13);2*2-5,7-10,13H,1H2,(H,11,12)/p-3. The number of amides is 1. The van der Waals surface area contributed by atoms with Crippen molar-refractivity contribution in [2.24, 2.45) is 23.7 Å². The Morgan fingerprint density at radius 1 is 0.469 bits per heavy atom. The van der Waals surface area contributed by atoms with Gasteiger partial charge >= 0.3 is 31.1 Å². The van der Waals surface area contributed by atoms with E-state index in [1.165, 1.54) is 11.6 Å². The molecule has 0 aromatic heterocycles. The lowest BCUT2D eigenvalue weighted by Crippen LogP contribution is -2.67. The van der Waals surface area contributed by atoms with Crippen molar-refractivity contribution in [3.05, 3.63) is 0 Å². The number of aliphatic hydroxyl groups excluding tert-OH is 16. The molecule has 5 aliphatic heterocycles. The Hall–Kier alpha value is -3.39. The summed E-state index contributed by atoms with van der Waals surface area (Å²) in [5.74, 6) is -11.0. The Balaban J connectivity index is 0.000000418. The molecule has 5 saturated heterocycles. The van der Waals surface area contributed by atoms with Crippen LogP contribution in [0.5, 0.6) is 0 Å². The SMILES string of the molecule is CC(=O)NC1C(O)OC(CO)C(O)C1CO.O=C([O-])C1OC(O)C(O)C(CO)C1O.O=C([O-])C1OC(O)C(O)C(CO)C1O.O=C([O-])C1OC(OC2C(COS(=O)(=O)O)OC(O)C(NS(=O)(=O)O)C2O)C(OS(=O)(=O)O)C(CO)C1O. The fourth-order valence-electron chi connectivity index (χ4n) is 8.09. The molecule has 476 valence electrons. The zero-order valence-corrected chi connectivity index (χ0v) is 43.4. The minimum Gasteiger partial charge on any atom is -0.547 e. The second-order valence-corrected chi connectivity index (χ2v) is 20.9. The lowest BCUT2D eigenvalue weighted by molar-refractivity contribution is -0.360. The van der Waals surface area contributed by atoms with E-state index in [0.717, 1.165) is 0 Å². The molecule has 45 heteroatoms. The summed E-state index contributed by atoms with van der Waals surface area (Å²) in [6.45, 7) is -3.48. The number of carboxylic acids is 3. The number of carbonyl (C=O) groups excluding carboxylic acids is 4. The molecule has 0 aromatic carbocycles. The van der Waals surface area contributed by atoms with E-state index in [-0.39, 0.29) is 0 Å². The molecule has 5 heterocycles. The van der Waals surface area contributed by atoms with Crippen LogP contribution >= 0.6 is 0 Å². The number of aliphatic hydroxyl groups is 16. The van der Waals surface area contributed by atoms with Crippen LogP contribution in [0.1, 0.15) is 6.92 Å². The minimum absolute atomic E-state index is 0.402. The van der Waals surface area contributed by atoms with Crippen molar-refractivity contribution in [2.45, 2.75) is 136 Å². The molecule has 0 bridgehead atoms. The smallest absolute Gasteiger partial charge is 0.397 e. The molecule has 0 saturated carbocycles. The zero-order valence-electron chi connectivity index (χ0n) is 41.0. The third-order valence-corrected chi connectivity index (χ3v) is 13.6. The van der Waals surface area contributed by atoms with Crippen LogP contribution in [0.2, 0.25) is 0 Å².